The number of hydrogen-bond donors (Lipinski definition) is 1. The summed E-state index contributed by atoms with van der Waals surface area (Å²) in [6.07, 6.45) is 1.04. The molecule has 4 amide bonds. The first-order valence-corrected chi connectivity index (χ1v) is 7.49. The zero-order chi connectivity index (χ0) is 18.7. The summed E-state index contributed by atoms with van der Waals surface area (Å²) in [6.45, 7) is 0. The Balaban J connectivity index is 1.95. The molecule has 7 nitrogen and oxygen atoms in total. The highest BCUT2D eigenvalue weighted by Crippen LogP contribution is 2.24. The molecule has 0 saturated carbocycles. The number of anilines is 1. The molecule has 0 bridgehead atoms. The van der Waals surface area contributed by atoms with Gasteiger partial charge in [0.05, 0.1) is 16.9 Å². The number of nitrogens with one attached hydrogen (secondary N) is 1. The Hall–Kier alpha value is -3.86. The molecule has 0 unspecified atom stereocenters. The number of nitriles is 1. The Morgan fingerprint density at radius 2 is 1.81 bits per heavy atom. The van der Waals surface area contributed by atoms with Crippen LogP contribution in [-0.2, 0) is 9.59 Å². The first-order valence-electron chi connectivity index (χ1n) is 7.49. The van der Waals surface area contributed by atoms with E-state index in [0.29, 0.717) is 4.90 Å². The molecule has 128 valence electrons. The van der Waals surface area contributed by atoms with Crippen molar-refractivity contribution in [2.45, 2.75) is 0 Å². The van der Waals surface area contributed by atoms with Gasteiger partial charge in [-0.05, 0) is 24.3 Å². The summed E-state index contributed by atoms with van der Waals surface area (Å²) in [7, 11) is 0. The fourth-order valence-electron chi connectivity index (χ4n) is 2.42. The molecule has 1 N–H and O–H groups in total. The Labute approximate surface area is 147 Å². The van der Waals surface area contributed by atoms with E-state index in [0.717, 1.165) is 12.3 Å². The van der Waals surface area contributed by atoms with Gasteiger partial charge in [-0.3, -0.25) is 19.9 Å². The Kier molecular flexibility index (Phi) is 4.53. The fourth-order valence-corrected chi connectivity index (χ4v) is 2.42. The second kappa shape index (κ2) is 6.94. The van der Waals surface area contributed by atoms with Gasteiger partial charge in [0.25, 0.3) is 5.91 Å². The molecule has 0 aromatic heterocycles. The predicted octanol–water partition coefficient (Wildman–Crippen LogP) is 2.30. The number of carbonyl (C=O) groups is 3. The maximum atomic E-state index is 14.0. The highest BCUT2D eigenvalue weighted by Gasteiger charge is 2.41. The third kappa shape index (κ3) is 3.06. The van der Waals surface area contributed by atoms with Gasteiger partial charge in [-0.25, -0.2) is 14.1 Å². The summed E-state index contributed by atoms with van der Waals surface area (Å²) in [4.78, 5) is 41.2. The van der Waals surface area contributed by atoms with Gasteiger partial charge in [0.15, 0.2) is 5.92 Å². The van der Waals surface area contributed by atoms with Crippen LogP contribution in [0.25, 0.3) is 0 Å². The van der Waals surface area contributed by atoms with E-state index in [1.165, 1.54) is 24.3 Å². The van der Waals surface area contributed by atoms with E-state index in [-0.39, 0.29) is 16.9 Å². The lowest BCUT2D eigenvalue weighted by Gasteiger charge is -2.28. The minimum Gasteiger partial charge on any atom is -0.276 e. The molecule has 3 rings (SSSR count). The molecule has 1 saturated heterocycles. The van der Waals surface area contributed by atoms with Crippen molar-refractivity contribution in [3.8, 4) is 6.07 Å². The van der Waals surface area contributed by atoms with Gasteiger partial charge in [-0.2, -0.15) is 5.26 Å². The van der Waals surface area contributed by atoms with E-state index < -0.39 is 29.6 Å². The second-order valence-corrected chi connectivity index (χ2v) is 5.30. The molecular formula is C18H11FN4O3. The SMILES string of the molecule is N#Cc1ccccc1N=C[C@H]1C(=O)NC(=O)N(c2ccccc2F)C1=O. The van der Waals surface area contributed by atoms with Gasteiger partial charge in [-0.15, -0.1) is 0 Å². The van der Waals surface area contributed by atoms with E-state index in [2.05, 4.69) is 4.99 Å². The van der Waals surface area contributed by atoms with Crippen LogP contribution in [0.2, 0.25) is 0 Å². The van der Waals surface area contributed by atoms with Crippen LogP contribution in [0, 0.1) is 23.1 Å². The maximum absolute atomic E-state index is 14.0. The molecule has 26 heavy (non-hydrogen) atoms. The molecule has 0 spiro atoms. The van der Waals surface area contributed by atoms with Crippen LogP contribution in [0.1, 0.15) is 5.56 Å². The number of rotatable bonds is 3. The standard InChI is InChI=1S/C18H11FN4O3/c19-13-6-2-4-8-15(13)23-17(25)12(16(24)22-18(23)26)10-21-14-7-3-1-5-11(14)9-20/h1-8,10,12H,(H,22,24,26)/t12-/m0/s1. The number of amides is 4. The topological polar surface area (TPSA) is 103 Å². The molecule has 8 heteroatoms. The zero-order valence-electron chi connectivity index (χ0n) is 13.2. The molecule has 2 aromatic rings. The number of para-hydroxylation sites is 2. The van der Waals surface area contributed by atoms with Crippen LogP contribution in [0.3, 0.4) is 0 Å². The smallest absolute Gasteiger partial charge is 0.276 e. The number of barbiturate groups is 1. The van der Waals surface area contributed by atoms with Crippen LogP contribution < -0.4 is 10.2 Å². The number of aliphatic imine (C=N–C) groups is 1. The van der Waals surface area contributed by atoms with Gasteiger partial charge >= 0.3 is 6.03 Å². The van der Waals surface area contributed by atoms with Gasteiger partial charge < -0.3 is 0 Å². The van der Waals surface area contributed by atoms with Gasteiger partial charge in [0.1, 0.15) is 11.9 Å². The normalized spacial score (nSPS) is 17.3. The minimum absolute atomic E-state index is 0.259. The third-order valence-electron chi connectivity index (χ3n) is 3.68. The molecule has 1 atom stereocenters. The number of nitrogens with zero attached hydrogens (tertiary/aromatic N) is 3. The lowest BCUT2D eigenvalue weighted by Crippen LogP contribution is -2.58. The predicted molar refractivity (Wildman–Crippen MR) is 90.2 cm³/mol. The molecule has 1 fully saturated rings. The largest absolute Gasteiger partial charge is 0.335 e. The number of benzene rings is 2. The molecule has 1 aliphatic heterocycles. The number of carbonyl (C=O) groups excluding carboxylic acids is 3. The lowest BCUT2D eigenvalue weighted by molar-refractivity contribution is -0.131. The first kappa shape index (κ1) is 17.0. The summed E-state index contributed by atoms with van der Waals surface area (Å²) in [6, 6.07) is 12.5. The van der Waals surface area contributed by atoms with Gasteiger partial charge in [0.2, 0.25) is 5.91 Å². The molecule has 0 aliphatic carbocycles. The average Bonchev–Trinajstić information content (AvgIpc) is 2.63. The van der Waals surface area contributed by atoms with Gasteiger partial charge in [-0.1, -0.05) is 24.3 Å². The second-order valence-electron chi connectivity index (χ2n) is 5.30. The number of hydrogen-bond acceptors (Lipinski definition) is 5. The number of halogens is 1. The molecular weight excluding hydrogens is 339 g/mol. The number of urea groups is 1. The van der Waals surface area contributed by atoms with Crippen molar-refractivity contribution < 1.29 is 18.8 Å². The molecule has 1 aliphatic rings. The van der Waals surface area contributed by atoms with Crippen LogP contribution >= 0.6 is 0 Å². The van der Waals surface area contributed by atoms with Crippen LogP contribution in [0.4, 0.5) is 20.6 Å². The van der Waals surface area contributed by atoms with Crippen molar-refractivity contribution in [2.75, 3.05) is 4.90 Å². The summed E-state index contributed by atoms with van der Waals surface area (Å²) < 4.78 is 14.0. The van der Waals surface area contributed by atoms with Gasteiger partial charge in [0, 0.05) is 6.21 Å². The Morgan fingerprint density at radius 1 is 1.12 bits per heavy atom. The van der Waals surface area contributed by atoms with Crippen molar-refractivity contribution in [3.63, 3.8) is 0 Å². The first-order chi connectivity index (χ1) is 12.5. The molecule has 1 heterocycles. The maximum Gasteiger partial charge on any atom is 0.335 e. The highest BCUT2D eigenvalue weighted by atomic mass is 19.1. The van der Waals surface area contributed by atoms with E-state index >= 15 is 0 Å². The van der Waals surface area contributed by atoms with Crippen LogP contribution in [0.5, 0.6) is 0 Å². The molecule has 2 aromatic carbocycles. The van der Waals surface area contributed by atoms with Crippen molar-refractivity contribution in [1.29, 1.82) is 5.26 Å². The van der Waals surface area contributed by atoms with E-state index in [1.54, 1.807) is 18.2 Å². The number of imide groups is 2. The summed E-state index contributed by atoms with van der Waals surface area (Å²) in [5, 5.41) is 11.1. The molecule has 0 radical (unpaired) electrons. The summed E-state index contributed by atoms with van der Waals surface area (Å²) >= 11 is 0. The van der Waals surface area contributed by atoms with Crippen molar-refractivity contribution in [3.05, 3.63) is 59.9 Å². The van der Waals surface area contributed by atoms with Crippen LogP contribution in [0.15, 0.2) is 53.5 Å². The third-order valence-corrected chi connectivity index (χ3v) is 3.68. The van der Waals surface area contributed by atoms with E-state index in [4.69, 9.17) is 5.26 Å². The Morgan fingerprint density at radius 3 is 2.54 bits per heavy atom. The summed E-state index contributed by atoms with van der Waals surface area (Å²) in [5.41, 5.74) is 0.262. The van der Waals surface area contributed by atoms with E-state index in [9.17, 15) is 18.8 Å². The quantitative estimate of drug-likeness (QED) is 0.677. The average molecular weight is 350 g/mol. The van der Waals surface area contributed by atoms with E-state index in [1.807, 2.05) is 11.4 Å². The lowest BCUT2D eigenvalue weighted by atomic mass is 10.1. The minimum atomic E-state index is -1.43. The zero-order valence-corrected chi connectivity index (χ0v) is 13.2. The fraction of sp³-hybridized carbons (Fsp3) is 0.0556. The highest BCUT2D eigenvalue weighted by molar-refractivity contribution is 6.32. The van der Waals surface area contributed by atoms with Crippen molar-refractivity contribution in [1.82, 2.24) is 5.32 Å². The Bertz CT molecular complexity index is 980. The monoisotopic (exact) mass is 350 g/mol. The van der Waals surface area contributed by atoms with Crippen LogP contribution in [-0.4, -0.2) is 24.1 Å². The summed E-state index contributed by atoms with van der Waals surface area (Å²) in [5.74, 6) is -4.01. The van der Waals surface area contributed by atoms with Crippen molar-refractivity contribution in [2.24, 2.45) is 10.9 Å². The van der Waals surface area contributed by atoms with Crippen molar-refractivity contribution >= 4 is 35.4 Å².